The monoisotopic (exact) mass is 317 g/mol. The zero-order chi connectivity index (χ0) is 16.7. The molecule has 0 radical (unpaired) electrons. The lowest BCUT2D eigenvalue weighted by atomic mass is 10.2. The standard InChI is InChI=1S/C17H20FN3O2/c1-21(2)15-8-6-14(7-9-15)20-17(22)19-10-11-23-16-5-3-4-13(18)12-16/h3-9,12H,10-11H2,1-2H3,(H2,19,20,22). The molecule has 6 heteroatoms. The molecule has 122 valence electrons. The smallest absolute Gasteiger partial charge is 0.319 e. The summed E-state index contributed by atoms with van der Waals surface area (Å²) in [4.78, 5) is 13.7. The maximum atomic E-state index is 13.0. The van der Waals surface area contributed by atoms with Crippen molar-refractivity contribution in [2.45, 2.75) is 0 Å². The molecular formula is C17H20FN3O2. The lowest BCUT2D eigenvalue weighted by molar-refractivity contribution is 0.247. The summed E-state index contributed by atoms with van der Waals surface area (Å²) in [5.74, 6) is 0.0841. The van der Waals surface area contributed by atoms with Crippen molar-refractivity contribution in [3.8, 4) is 5.75 Å². The Hall–Kier alpha value is -2.76. The second-order valence-corrected chi connectivity index (χ2v) is 5.13. The number of rotatable bonds is 6. The van der Waals surface area contributed by atoms with Crippen LogP contribution in [-0.2, 0) is 0 Å². The van der Waals surface area contributed by atoms with Crippen molar-refractivity contribution in [1.29, 1.82) is 0 Å². The zero-order valence-electron chi connectivity index (χ0n) is 13.2. The van der Waals surface area contributed by atoms with Gasteiger partial charge in [-0.15, -0.1) is 0 Å². The third-order valence-corrected chi connectivity index (χ3v) is 3.09. The van der Waals surface area contributed by atoms with E-state index in [1.54, 1.807) is 12.1 Å². The highest BCUT2D eigenvalue weighted by Crippen LogP contribution is 2.15. The molecule has 0 heterocycles. The van der Waals surface area contributed by atoms with Crippen LogP contribution in [0.4, 0.5) is 20.6 Å². The van der Waals surface area contributed by atoms with Crippen LogP contribution in [0.25, 0.3) is 0 Å². The number of carbonyl (C=O) groups is 1. The minimum absolute atomic E-state index is 0.260. The van der Waals surface area contributed by atoms with Gasteiger partial charge in [0.15, 0.2) is 0 Å². The van der Waals surface area contributed by atoms with E-state index in [1.807, 2.05) is 43.3 Å². The number of ether oxygens (including phenoxy) is 1. The third-order valence-electron chi connectivity index (χ3n) is 3.09. The summed E-state index contributed by atoms with van der Waals surface area (Å²) in [6, 6.07) is 13.1. The molecule has 2 amide bonds. The molecule has 5 nitrogen and oxygen atoms in total. The molecule has 0 saturated carbocycles. The predicted octanol–water partition coefficient (Wildman–Crippen LogP) is 3.09. The topological polar surface area (TPSA) is 53.6 Å². The van der Waals surface area contributed by atoms with E-state index in [-0.39, 0.29) is 18.5 Å². The maximum Gasteiger partial charge on any atom is 0.319 e. The summed E-state index contributed by atoms with van der Waals surface area (Å²) in [5.41, 5.74) is 1.76. The lowest BCUT2D eigenvalue weighted by Gasteiger charge is -2.13. The summed E-state index contributed by atoms with van der Waals surface area (Å²) in [7, 11) is 3.90. The van der Waals surface area contributed by atoms with E-state index < -0.39 is 0 Å². The Morgan fingerprint density at radius 2 is 1.91 bits per heavy atom. The first-order valence-corrected chi connectivity index (χ1v) is 7.25. The van der Waals surface area contributed by atoms with Gasteiger partial charge in [0.05, 0.1) is 6.54 Å². The molecule has 23 heavy (non-hydrogen) atoms. The molecule has 0 unspecified atom stereocenters. The fourth-order valence-corrected chi connectivity index (χ4v) is 1.91. The molecule has 0 spiro atoms. The third kappa shape index (κ3) is 5.50. The number of benzene rings is 2. The van der Waals surface area contributed by atoms with Crippen LogP contribution in [0.15, 0.2) is 48.5 Å². The van der Waals surface area contributed by atoms with Crippen LogP contribution < -0.4 is 20.3 Å². The van der Waals surface area contributed by atoms with Crippen LogP contribution >= 0.6 is 0 Å². The summed E-state index contributed by atoms with van der Waals surface area (Å²) in [6.07, 6.45) is 0. The van der Waals surface area contributed by atoms with E-state index in [0.717, 1.165) is 5.69 Å². The van der Waals surface area contributed by atoms with Gasteiger partial charge in [0.2, 0.25) is 0 Å². The molecule has 0 aliphatic carbocycles. The van der Waals surface area contributed by atoms with Crippen molar-refractivity contribution < 1.29 is 13.9 Å². The molecule has 0 saturated heterocycles. The minimum Gasteiger partial charge on any atom is -0.492 e. The lowest BCUT2D eigenvalue weighted by Crippen LogP contribution is -2.32. The summed E-state index contributed by atoms with van der Waals surface area (Å²) in [6.45, 7) is 0.578. The normalized spacial score (nSPS) is 10.0. The van der Waals surface area contributed by atoms with Gasteiger partial charge in [-0.3, -0.25) is 0 Å². The van der Waals surface area contributed by atoms with E-state index >= 15 is 0 Å². The summed E-state index contributed by atoms with van der Waals surface area (Å²) in [5, 5.41) is 5.41. The van der Waals surface area contributed by atoms with E-state index in [4.69, 9.17) is 4.74 Å². The molecule has 2 aromatic rings. The van der Waals surface area contributed by atoms with Crippen molar-refractivity contribution in [3.05, 3.63) is 54.3 Å². The van der Waals surface area contributed by atoms with Crippen LogP contribution in [0, 0.1) is 5.82 Å². The molecule has 0 fully saturated rings. The van der Waals surface area contributed by atoms with Crippen molar-refractivity contribution in [2.75, 3.05) is 37.5 Å². The number of hydrogen-bond donors (Lipinski definition) is 2. The first-order valence-electron chi connectivity index (χ1n) is 7.25. The molecule has 0 aromatic heterocycles. The van der Waals surface area contributed by atoms with E-state index in [9.17, 15) is 9.18 Å². The van der Waals surface area contributed by atoms with Gasteiger partial charge in [0.1, 0.15) is 18.2 Å². The molecule has 2 rings (SSSR count). The fourth-order valence-electron chi connectivity index (χ4n) is 1.91. The number of amides is 2. The average Bonchev–Trinajstić information content (AvgIpc) is 2.52. The number of halogens is 1. The molecule has 0 bridgehead atoms. The Bertz CT molecular complexity index is 645. The van der Waals surface area contributed by atoms with Gasteiger partial charge in [-0.2, -0.15) is 0 Å². The van der Waals surface area contributed by atoms with Crippen LogP contribution in [0.5, 0.6) is 5.75 Å². The maximum absolute atomic E-state index is 13.0. The fraction of sp³-hybridized carbons (Fsp3) is 0.235. The second kappa shape index (κ2) is 8.03. The molecule has 0 atom stereocenters. The van der Waals surface area contributed by atoms with Gasteiger partial charge in [-0.1, -0.05) is 6.07 Å². The van der Waals surface area contributed by atoms with Crippen molar-refractivity contribution in [3.63, 3.8) is 0 Å². The summed E-state index contributed by atoms with van der Waals surface area (Å²) < 4.78 is 18.3. The van der Waals surface area contributed by atoms with Crippen LogP contribution in [-0.4, -0.2) is 33.3 Å². The first-order chi connectivity index (χ1) is 11.0. The Kier molecular flexibility index (Phi) is 5.80. The quantitative estimate of drug-likeness (QED) is 0.805. The Balaban J connectivity index is 1.70. The Labute approximate surface area is 135 Å². The van der Waals surface area contributed by atoms with Crippen molar-refractivity contribution in [1.82, 2.24) is 5.32 Å². The Morgan fingerprint density at radius 1 is 1.17 bits per heavy atom. The highest BCUT2D eigenvalue weighted by Gasteiger charge is 2.02. The molecule has 0 aliphatic heterocycles. The van der Waals surface area contributed by atoms with Crippen LogP contribution in [0.1, 0.15) is 0 Å². The number of hydrogen-bond acceptors (Lipinski definition) is 3. The minimum atomic E-state index is -0.352. The molecule has 2 N–H and O–H groups in total. The van der Waals surface area contributed by atoms with Gasteiger partial charge < -0.3 is 20.3 Å². The highest BCUT2D eigenvalue weighted by molar-refractivity contribution is 5.89. The van der Waals surface area contributed by atoms with Gasteiger partial charge in [-0.05, 0) is 36.4 Å². The van der Waals surface area contributed by atoms with Gasteiger partial charge >= 0.3 is 6.03 Å². The largest absolute Gasteiger partial charge is 0.492 e. The highest BCUT2D eigenvalue weighted by atomic mass is 19.1. The molecular weight excluding hydrogens is 297 g/mol. The predicted molar refractivity (Wildman–Crippen MR) is 89.7 cm³/mol. The zero-order valence-corrected chi connectivity index (χ0v) is 13.2. The van der Waals surface area contributed by atoms with Gasteiger partial charge in [0, 0.05) is 31.5 Å². The number of nitrogens with zero attached hydrogens (tertiary/aromatic N) is 1. The number of carbonyl (C=O) groups excluding carboxylic acids is 1. The van der Waals surface area contributed by atoms with Crippen LogP contribution in [0.2, 0.25) is 0 Å². The van der Waals surface area contributed by atoms with E-state index in [0.29, 0.717) is 18.0 Å². The molecule has 0 aliphatic rings. The van der Waals surface area contributed by atoms with E-state index in [2.05, 4.69) is 10.6 Å². The number of urea groups is 1. The van der Waals surface area contributed by atoms with E-state index in [1.165, 1.54) is 12.1 Å². The Morgan fingerprint density at radius 3 is 2.57 bits per heavy atom. The molecule has 2 aromatic carbocycles. The SMILES string of the molecule is CN(C)c1ccc(NC(=O)NCCOc2cccc(F)c2)cc1. The number of anilines is 2. The van der Waals surface area contributed by atoms with Crippen molar-refractivity contribution in [2.24, 2.45) is 0 Å². The average molecular weight is 317 g/mol. The number of nitrogens with one attached hydrogen (secondary N) is 2. The van der Waals surface area contributed by atoms with Crippen LogP contribution in [0.3, 0.4) is 0 Å². The van der Waals surface area contributed by atoms with Gasteiger partial charge in [-0.25, -0.2) is 9.18 Å². The summed E-state index contributed by atoms with van der Waals surface area (Å²) >= 11 is 0. The van der Waals surface area contributed by atoms with Gasteiger partial charge in [0.25, 0.3) is 0 Å². The van der Waals surface area contributed by atoms with Crippen molar-refractivity contribution >= 4 is 17.4 Å². The first kappa shape index (κ1) is 16.6. The second-order valence-electron chi connectivity index (χ2n) is 5.13.